The van der Waals surface area contributed by atoms with Crippen LogP contribution in [0.25, 0.3) is 11.1 Å². The maximum Gasteiger partial charge on any atom is 0.178 e. The number of aryl methyl sites for hydroxylation is 1. The Balaban J connectivity index is 2.22. The summed E-state index contributed by atoms with van der Waals surface area (Å²) in [5.74, 6) is -3.33. The minimum Gasteiger partial charge on any atom is -0.298 e. The van der Waals surface area contributed by atoms with Gasteiger partial charge in [-0.25, -0.2) is 8.78 Å². The van der Waals surface area contributed by atoms with Gasteiger partial charge in [0.25, 0.3) is 0 Å². The van der Waals surface area contributed by atoms with Crippen molar-refractivity contribution in [2.75, 3.05) is 0 Å². The molecule has 0 aromatic heterocycles. The molecule has 3 rings (SSSR count). The molecule has 29 heavy (non-hydrogen) atoms. The number of hydrogen-bond acceptors (Lipinski definition) is 2. The van der Waals surface area contributed by atoms with Crippen LogP contribution in [-0.4, -0.2) is 11.6 Å². The zero-order valence-corrected chi connectivity index (χ0v) is 18.1. The number of hydrogen-bond donors (Lipinski definition) is 0. The topological polar surface area (TPSA) is 34.1 Å². The lowest BCUT2D eigenvalue weighted by molar-refractivity contribution is -0.146. The van der Waals surface area contributed by atoms with Gasteiger partial charge >= 0.3 is 0 Å². The van der Waals surface area contributed by atoms with Gasteiger partial charge in [0, 0.05) is 16.4 Å². The van der Waals surface area contributed by atoms with E-state index in [0.29, 0.717) is 24.0 Å². The smallest absolute Gasteiger partial charge is 0.178 e. The Morgan fingerprint density at radius 3 is 2.10 bits per heavy atom. The molecule has 0 amide bonds. The van der Waals surface area contributed by atoms with Crippen LogP contribution in [0, 0.1) is 22.5 Å². The van der Waals surface area contributed by atoms with Crippen molar-refractivity contribution in [3.63, 3.8) is 0 Å². The van der Waals surface area contributed by atoms with E-state index >= 15 is 0 Å². The Kier molecular flexibility index (Phi) is 5.46. The lowest BCUT2D eigenvalue weighted by Crippen LogP contribution is -2.48. The quantitative estimate of drug-likeness (QED) is 0.419. The molecule has 2 aromatic carbocycles. The highest BCUT2D eigenvalue weighted by atomic mass is 35.5. The molecule has 0 aliphatic heterocycles. The summed E-state index contributed by atoms with van der Waals surface area (Å²) in [4.78, 5) is 26.5. The minimum atomic E-state index is -1.11. The van der Waals surface area contributed by atoms with Crippen molar-refractivity contribution < 1.29 is 18.4 Å². The first-order chi connectivity index (χ1) is 13.4. The molecule has 2 aromatic rings. The molecule has 0 radical (unpaired) electrons. The van der Waals surface area contributed by atoms with Gasteiger partial charge in [0.05, 0.1) is 5.02 Å². The molecule has 0 N–H and O–H groups in total. The summed E-state index contributed by atoms with van der Waals surface area (Å²) in [7, 11) is 0. The van der Waals surface area contributed by atoms with E-state index in [9.17, 15) is 18.4 Å². The van der Waals surface area contributed by atoms with E-state index in [0.717, 1.165) is 5.56 Å². The largest absolute Gasteiger partial charge is 0.298 e. The van der Waals surface area contributed by atoms with E-state index in [-0.39, 0.29) is 22.2 Å². The van der Waals surface area contributed by atoms with Crippen LogP contribution in [0.4, 0.5) is 8.78 Å². The van der Waals surface area contributed by atoms with Crippen molar-refractivity contribution in [2.45, 2.75) is 53.4 Å². The van der Waals surface area contributed by atoms with Crippen LogP contribution in [0.15, 0.2) is 30.3 Å². The van der Waals surface area contributed by atoms with Crippen LogP contribution in [0.5, 0.6) is 0 Å². The lowest BCUT2D eigenvalue weighted by Gasteiger charge is -2.42. The SMILES string of the molecule is CCc1ccc(-c2ccc(Cl)c(F)c2F)cc1C1C(=O)C(C)(C)CC(C)(C)C1=O. The van der Waals surface area contributed by atoms with Gasteiger partial charge in [-0.2, -0.15) is 0 Å². The maximum absolute atomic E-state index is 14.5. The molecule has 1 fully saturated rings. The van der Waals surface area contributed by atoms with Crippen LogP contribution in [-0.2, 0) is 16.0 Å². The van der Waals surface area contributed by atoms with Crippen molar-refractivity contribution in [1.29, 1.82) is 0 Å². The molecule has 154 valence electrons. The van der Waals surface area contributed by atoms with Gasteiger partial charge in [-0.15, -0.1) is 0 Å². The number of halogens is 3. The number of rotatable bonds is 3. The average Bonchev–Trinajstić information content (AvgIpc) is 2.64. The zero-order valence-electron chi connectivity index (χ0n) is 17.3. The summed E-state index contributed by atoms with van der Waals surface area (Å²) in [6.45, 7) is 9.38. The average molecular weight is 419 g/mol. The molecule has 2 nitrogen and oxygen atoms in total. The van der Waals surface area contributed by atoms with Crippen molar-refractivity contribution in [2.24, 2.45) is 10.8 Å². The van der Waals surface area contributed by atoms with Crippen molar-refractivity contribution >= 4 is 23.2 Å². The zero-order chi connectivity index (χ0) is 21.7. The Morgan fingerprint density at radius 2 is 1.55 bits per heavy atom. The Labute approximate surface area is 175 Å². The van der Waals surface area contributed by atoms with Crippen LogP contribution < -0.4 is 0 Å². The fourth-order valence-electron chi connectivity index (χ4n) is 4.56. The van der Waals surface area contributed by atoms with E-state index in [1.807, 2.05) is 34.6 Å². The summed E-state index contributed by atoms with van der Waals surface area (Å²) in [6, 6.07) is 7.83. The first-order valence-corrected chi connectivity index (χ1v) is 10.1. The van der Waals surface area contributed by atoms with Crippen LogP contribution in [0.3, 0.4) is 0 Å². The van der Waals surface area contributed by atoms with Crippen LogP contribution in [0.1, 0.15) is 58.1 Å². The number of carbonyl (C=O) groups is 2. The van der Waals surface area contributed by atoms with Crippen LogP contribution in [0.2, 0.25) is 5.02 Å². The van der Waals surface area contributed by atoms with Crippen LogP contribution >= 0.6 is 11.6 Å². The molecular weight excluding hydrogens is 394 g/mol. The van der Waals surface area contributed by atoms with Gasteiger partial charge in [0.2, 0.25) is 0 Å². The molecule has 1 aliphatic rings. The van der Waals surface area contributed by atoms with E-state index in [1.165, 1.54) is 12.1 Å². The maximum atomic E-state index is 14.5. The molecule has 0 spiro atoms. The van der Waals surface area contributed by atoms with Crippen molar-refractivity contribution in [3.05, 3.63) is 58.1 Å². The fraction of sp³-hybridized carbons (Fsp3) is 0.417. The molecule has 0 heterocycles. The number of benzene rings is 2. The molecule has 1 aliphatic carbocycles. The van der Waals surface area contributed by atoms with E-state index in [4.69, 9.17) is 11.6 Å². The number of ketones is 2. The van der Waals surface area contributed by atoms with E-state index in [1.54, 1.807) is 18.2 Å². The van der Waals surface area contributed by atoms with Gasteiger partial charge in [0.15, 0.2) is 23.2 Å². The predicted octanol–water partition coefficient (Wildman–Crippen LogP) is 6.53. The van der Waals surface area contributed by atoms with Crippen molar-refractivity contribution in [1.82, 2.24) is 0 Å². The Bertz CT molecular complexity index is 982. The third-order valence-electron chi connectivity index (χ3n) is 5.93. The Morgan fingerprint density at radius 1 is 0.966 bits per heavy atom. The summed E-state index contributed by atoms with van der Waals surface area (Å²) in [6.07, 6.45) is 1.09. The summed E-state index contributed by atoms with van der Waals surface area (Å²) in [5.41, 5.74) is 0.582. The number of carbonyl (C=O) groups excluding carboxylic acids is 2. The molecule has 0 bridgehead atoms. The van der Waals surface area contributed by atoms with E-state index in [2.05, 4.69) is 0 Å². The van der Waals surface area contributed by atoms with E-state index < -0.39 is 28.4 Å². The highest BCUT2D eigenvalue weighted by Crippen LogP contribution is 2.48. The first-order valence-electron chi connectivity index (χ1n) is 9.76. The van der Waals surface area contributed by atoms with Gasteiger partial charge in [0.1, 0.15) is 5.92 Å². The van der Waals surface area contributed by atoms with Gasteiger partial charge in [-0.05, 0) is 47.7 Å². The monoisotopic (exact) mass is 418 g/mol. The molecular formula is C24H25ClF2O2. The van der Waals surface area contributed by atoms with Crippen molar-refractivity contribution in [3.8, 4) is 11.1 Å². The second-order valence-electron chi connectivity index (χ2n) is 9.10. The van der Waals surface area contributed by atoms with Gasteiger partial charge < -0.3 is 0 Å². The molecule has 0 atom stereocenters. The second-order valence-corrected chi connectivity index (χ2v) is 9.50. The molecule has 0 saturated heterocycles. The molecule has 0 unspecified atom stereocenters. The standard InChI is InChI=1S/C24H25ClF2O2/c1-6-13-7-8-14(15-9-10-17(25)20(27)19(15)26)11-16(13)18-21(28)23(2,3)12-24(4,5)22(18)29/h7-11,18H,6,12H2,1-5H3. The highest BCUT2D eigenvalue weighted by molar-refractivity contribution is 6.30. The van der Waals surface area contributed by atoms with Gasteiger partial charge in [-0.1, -0.05) is 58.4 Å². The first kappa shape index (κ1) is 21.6. The van der Waals surface area contributed by atoms with Gasteiger partial charge in [-0.3, -0.25) is 9.59 Å². The lowest BCUT2D eigenvalue weighted by atomic mass is 9.58. The molecule has 1 saturated carbocycles. The third-order valence-corrected chi connectivity index (χ3v) is 6.22. The number of Topliss-reactive ketones (excluding diaryl/α,β-unsaturated/α-hetero) is 2. The third kappa shape index (κ3) is 3.63. The Hall–Kier alpha value is -2.07. The summed E-state index contributed by atoms with van der Waals surface area (Å²) in [5, 5.41) is -0.294. The minimum absolute atomic E-state index is 0.0463. The summed E-state index contributed by atoms with van der Waals surface area (Å²) >= 11 is 5.67. The second kappa shape index (κ2) is 7.32. The summed E-state index contributed by atoms with van der Waals surface area (Å²) < 4.78 is 28.5. The predicted molar refractivity (Wildman–Crippen MR) is 111 cm³/mol. The molecule has 5 heteroatoms. The normalized spacial score (nSPS) is 18.9. The highest BCUT2D eigenvalue weighted by Gasteiger charge is 2.52. The fourth-order valence-corrected chi connectivity index (χ4v) is 4.71.